The molecule has 8 heteroatoms. The molecule has 48 heavy (non-hydrogen) atoms. The third kappa shape index (κ3) is 7.04. The Balaban J connectivity index is 1.43. The number of ketones is 1. The monoisotopic (exact) mass is 668 g/mol. The highest BCUT2D eigenvalue weighted by molar-refractivity contribution is 6.04. The Hall–Kier alpha value is -2.55. The van der Waals surface area contributed by atoms with E-state index in [0.29, 0.717) is 11.1 Å². The first-order valence-electron chi connectivity index (χ1n) is 18.4. The van der Waals surface area contributed by atoms with Crippen molar-refractivity contribution >= 4 is 17.7 Å². The Kier molecular flexibility index (Phi) is 12.4. The number of esters is 2. The van der Waals surface area contributed by atoms with Gasteiger partial charge in [-0.25, -0.2) is 4.79 Å². The summed E-state index contributed by atoms with van der Waals surface area (Å²) < 4.78 is 12.2. The summed E-state index contributed by atoms with van der Waals surface area (Å²) in [6.07, 6.45) is 24.2. The van der Waals surface area contributed by atoms with Crippen molar-refractivity contribution in [2.75, 3.05) is 6.61 Å². The second kappa shape index (κ2) is 15.6. The van der Waals surface area contributed by atoms with E-state index in [-0.39, 0.29) is 6.42 Å². The van der Waals surface area contributed by atoms with E-state index >= 15 is 0 Å². The number of allylic oxidation sites excluding steroid dienone is 3. The third-order valence-electron chi connectivity index (χ3n) is 12.0. The molecular formula is C40H60O8. The zero-order valence-electron chi connectivity index (χ0n) is 30.1. The van der Waals surface area contributed by atoms with Gasteiger partial charge in [-0.05, 0) is 30.9 Å². The predicted molar refractivity (Wildman–Crippen MR) is 186 cm³/mol. The zero-order valence-corrected chi connectivity index (χ0v) is 30.1. The second-order valence-corrected chi connectivity index (χ2v) is 15.5. The van der Waals surface area contributed by atoms with Gasteiger partial charge in [0.2, 0.25) is 0 Å². The van der Waals surface area contributed by atoms with Crippen LogP contribution in [0.4, 0.5) is 0 Å². The largest absolute Gasteiger partial charge is 0.455 e. The lowest BCUT2D eigenvalue weighted by atomic mass is 9.59. The molecule has 0 bridgehead atoms. The van der Waals surface area contributed by atoms with Crippen LogP contribution in [-0.4, -0.2) is 62.6 Å². The van der Waals surface area contributed by atoms with E-state index in [1.807, 2.05) is 26.0 Å². The van der Waals surface area contributed by atoms with Crippen LogP contribution in [0.1, 0.15) is 125 Å². The minimum absolute atomic E-state index is 0.126. The van der Waals surface area contributed by atoms with Gasteiger partial charge in [-0.2, -0.15) is 0 Å². The maximum atomic E-state index is 13.3. The minimum atomic E-state index is -1.95. The fourth-order valence-corrected chi connectivity index (χ4v) is 9.46. The molecule has 0 spiro atoms. The van der Waals surface area contributed by atoms with Crippen molar-refractivity contribution in [2.24, 2.45) is 29.1 Å². The molecule has 0 aromatic carbocycles. The van der Waals surface area contributed by atoms with Crippen molar-refractivity contribution in [2.45, 2.75) is 148 Å². The Morgan fingerprint density at radius 3 is 2.15 bits per heavy atom. The zero-order chi connectivity index (χ0) is 35.3. The average Bonchev–Trinajstić information content (AvgIpc) is 3.45. The maximum Gasteiger partial charge on any atom is 0.331 e. The van der Waals surface area contributed by atoms with Gasteiger partial charge in [-0.1, -0.05) is 122 Å². The van der Waals surface area contributed by atoms with Crippen LogP contribution in [0, 0.1) is 29.1 Å². The summed E-state index contributed by atoms with van der Waals surface area (Å²) in [6.45, 7) is 10.3. The molecule has 4 aliphatic rings. The Labute approximate surface area is 287 Å². The Morgan fingerprint density at radius 2 is 1.56 bits per heavy atom. The van der Waals surface area contributed by atoms with Gasteiger partial charge < -0.3 is 24.8 Å². The highest BCUT2D eigenvalue weighted by atomic mass is 16.6. The van der Waals surface area contributed by atoms with Crippen LogP contribution in [0.2, 0.25) is 0 Å². The van der Waals surface area contributed by atoms with E-state index in [9.17, 15) is 29.7 Å². The molecule has 0 aromatic heterocycles. The number of hydrogen-bond donors (Lipinski definition) is 3. The smallest absolute Gasteiger partial charge is 0.331 e. The molecule has 0 aliphatic heterocycles. The SMILES string of the molecule is CCCCCCCCCCCCC/C=C/C=C/C(=O)O[C@@H]1[C@@H](C)[C@@]2(O)[C@@H](C=C(CO)C[C@]3(O)C(=O)C(C)=C[C@@H]23)[C@@H]2C(C)(C)[C@]12OC(C)=O. The summed E-state index contributed by atoms with van der Waals surface area (Å²) in [5.41, 5.74) is -4.90. The molecule has 4 rings (SSSR count). The van der Waals surface area contributed by atoms with Crippen molar-refractivity contribution < 1.29 is 39.2 Å². The molecule has 8 nitrogen and oxygen atoms in total. The standard InChI is InChI=1S/C40H60O8/c1-7-8-9-10-11-12-13-14-15-16-17-18-19-20-21-22-33(43)47-36-28(3)39(46)31(34-37(5,6)40(34,36)48-29(4)42)24-30(26-41)25-38(45)32(39)23-27(2)35(38)44/h19-24,28,31-32,34,36,41,45-46H,7-18,25-26H2,1-6H3/b20-19+,22-21+/t28-,31+,32-,34-,36-,38-,39-,40-/m1/s1. The molecule has 0 saturated heterocycles. The number of aliphatic hydroxyl groups is 3. The van der Waals surface area contributed by atoms with Crippen LogP contribution in [0.15, 0.2) is 47.6 Å². The predicted octanol–water partition coefficient (Wildman–Crippen LogP) is 6.87. The van der Waals surface area contributed by atoms with Crippen LogP contribution >= 0.6 is 0 Å². The van der Waals surface area contributed by atoms with Gasteiger partial charge in [0, 0.05) is 48.5 Å². The lowest BCUT2D eigenvalue weighted by Gasteiger charge is -2.53. The Morgan fingerprint density at radius 1 is 0.958 bits per heavy atom. The number of carbonyl (C=O) groups is 3. The van der Waals surface area contributed by atoms with Gasteiger partial charge in [-0.15, -0.1) is 0 Å². The van der Waals surface area contributed by atoms with Gasteiger partial charge in [0.15, 0.2) is 11.4 Å². The molecule has 0 unspecified atom stereocenters. The number of unbranched alkanes of at least 4 members (excludes halogenated alkanes) is 11. The molecule has 0 amide bonds. The van der Waals surface area contributed by atoms with Crippen molar-refractivity contribution in [1.29, 1.82) is 0 Å². The Bertz CT molecular complexity index is 1310. The topological polar surface area (TPSA) is 130 Å². The summed E-state index contributed by atoms with van der Waals surface area (Å²) >= 11 is 0. The van der Waals surface area contributed by atoms with Crippen LogP contribution in [0.25, 0.3) is 0 Å². The van der Waals surface area contributed by atoms with Gasteiger partial charge in [0.05, 0.1) is 12.2 Å². The molecule has 268 valence electrons. The highest BCUT2D eigenvalue weighted by Gasteiger charge is 2.87. The summed E-state index contributed by atoms with van der Waals surface area (Å²) in [5, 5.41) is 34.8. The van der Waals surface area contributed by atoms with E-state index in [2.05, 4.69) is 6.92 Å². The number of aliphatic hydroxyl groups excluding tert-OH is 1. The number of carbonyl (C=O) groups excluding carboxylic acids is 3. The van der Waals surface area contributed by atoms with Crippen LogP contribution in [-0.2, 0) is 23.9 Å². The first-order valence-corrected chi connectivity index (χ1v) is 18.4. The van der Waals surface area contributed by atoms with Crippen molar-refractivity contribution in [1.82, 2.24) is 0 Å². The van der Waals surface area contributed by atoms with Gasteiger partial charge in [-0.3, -0.25) is 9.59 Å². The number of hydrogen-bond acceptors (Lipinski definition) is 8. The first kappa shape index (κ1) is 38.3. The molecule has 4 aliphatic carbocycles. The van der Waals surface area contributed by atoms with Crippen molar-refractivity contribution in [3.63, 3.8) is 0 Å². The summed E-state index contributed by atoms with van der Waals surface area (Å²) in [4.78, 5) is 39.1. The number of rotatable bonds is 17. The van der Waals surface area contributed by atoms with E-state index < -0.39 is 76.3 Å². The molecule has 2 saturated carbocycles. The van der Waals surface area contributed by atoms with Gasteiger partial charge in [0.25, 0.3) is 0 Å². The molecule has 3 N–H and O–H groups in total. The summed E-state index contributed by atoms with van der Waals surface area (Å²) in [5.74, 6) is -4.72. The van der Waals surface area contributed by atoms with Gasteiger partial charge in [0.1, 0.15) is 11.7 Å². The summed E-state index contributed by atoms with van der Waals surface area (Å²) in [6, 6.07) is 0. The molecule has 0 radical (unpaired) electrons. The minimum Gasteiger partial charge on any atom is -0.455 e. The maximum absolute atomic E-state index is 13.3. The van der Waals surface area contributed by atoms with Crippen LogP contribution < -0.4 is 0 Å². The lowest BCUT2D eigenvalue weighted by Crippen LogP contribution is -2.66. The van der Waals surface area contributed by atoms with Crippen molar-refractivity contribution in [3.8, 4) is 0 Å². The quantitative estimate of drug-likeness (QED) is 0.0504. The summed E-state index contributed by atoms with van der Waals surface area (Å²) in [7, 11) is 0. The number of Topliss-reactive ketones (excluding diaryl/α,β-unsaturated/α-hetero) is 1. The fraction of sp³-hybridized carbons (Fsp3) is 0.725. The number of fused-ring (bicyclic) bond motifs is 5. The van der Waals surface area contributed by atoms with E-state index in [4.69, 9.17) is 9.47 Å². The van der Waals surface area contributed by atoms with E-state index in [1.54, 1.807) is 32.1 Å². The van der Waals surface area contributed by atoms with Gasteiger partial charge >= 0.3 is 11.9 Å². The second-order valence-electron chi connectivity index (χ2n) is 15.5. The normalized spacial score (nSPS) is 35.0. The van der Waals surface area contributed by atoms with E-state index in [0.717, 1.165) is 12.8 Å². The third-order valence-corrected chi connectivity index (χ3v) is 12.0. The number of ether oxygens (including phenoxy) is 2. The van der Waals surface area contributed by atoms with Crippen LogP contribution in [0.3, 0.4) is 0 Å². The van der Waals surface area contributed by atoms with Crippen LogP contribution in [0.5, 0.6) is 0 Å². The molecular weight excluding hydrogens is 608 g/mol. The van der Waals surface area contributed by atoms with E-state index in [1.165, 1.54) is 77.2 Å². The molecule has 0 aromatic rings. The van der Waals surface area contributed by atoms with Crippen molar-refractivity contribution in [3.05, 3.63) is 47.6 Å². The average molecular weight is 669 g/mol. The first-order chi connectivity index (χ1) is 22.7. The molecule has 2 fully saturated rings. The molecule has 0 heterocycles. The fourth-order valence-electron chi connectivity index (χ4n) is 9.46. The molecule has 8 atom stereocenters. The highest BCUT2D eigenvalue weighted by Crippen LogP contribution is 2.77. The lowest BCUT2D eigenvalue weighted by molar-refractivity contribution is -0.226.